The van der Waals surface area contributed by atoms with Gasteiger partial charge in [-0.2, -0.15) is 0 Å². The predicted octanol–water partition coefficient (Wildman–Crippen LogP) is 2.31. The van der Waals surface area contributed by atoms with Crippen molar-refractivity contribution in [2.75, 3.05) is 11.9 Å². The number of nitrogens with zero attached hydrogens (tertiary/aromatic N) is 1. The molecule has 4 heteroatoms. The average molecular weight is 225 g/mol. The van der Waals surface area contributed by atoms with Gasteiger partial charge in [-0.05, 0) is 40.2 Å². The van der Waals surface area contributed by atoms with Gasteiger partial charge in [0.1, 0.15) is 0 Å². The Morgan fingerprint density at radius 1 is 1.47 bits per heavy atom. The van der Waals surface area contributed by atoms with E-state index >= 15 is 0 Å². The zero-order chi connectivity index (χ0) is 10.8. The van der Waals surface area contributed by atoms with Gasteiger partial charge in [-0.3, -0.25) is 0 Å². The highest BCUT2D eigenvalue weighted by Crippen LogP contribution is 2.23. The van der Waals surface area contributed by atoms with E-state index in [0.29, 0.717) is 12.1 Å². The first kappa shape index (κ1) is 10.9. The summed E-state index contributed by atoms with van der Waals surface area (Å²) in [7, 11) is 0. The van der Waals surface area contributed by atoms with Crippen molar-refractivity contribution >= 4 is 16.5 Å². The predicted molar refractivity (Wildman–Crippen MR) is 65.7 cm³/mol. The molecule has 1 aromatic rings. The zero-order valence-electron chi connectivity index (χ0n) is 9.63. The number of aromatic nitrogens is 1. The quantitative estimate of drug-likeness (QED) is 0.811. The molecule has 0 saturated carbocycles. The maximum Gasteiger partial charge on any atom is 0.183 e. The van der Waals surface area contributed by atoms with Crippen LogP contribution in [0.25, 0.3) is 0 Å². The largest absolute Gasteiger partial charge is 0.357 e. The molecule has 84 valence electrons. The molecule has 0 aliphatic carbocycles. The highest BCUT2D eigenvalue weighted by atomic mass is 32.1. The number of hydrogen-bond donors (Lipinski definition) is 2. The summed E-state index contributed by atoms with van der Waals surface area (Å²) in [5, 5.41) is 8.10. The van der Waals surface area contributed by atoms with Gasteiger partial charge in [0.25, 0.3) is 0 Å². The van der Waals surface area contributed by atoms with E-state index in [1.807, 2.05) is 0 Å². The van der Waals surface area contributed by atoms with Crippen LogP contribution in [0.1, 0.15) is 30.3 Å². The molecule has 0 bridgehead atoms. The van der Waals surface area contributed by atoms with Crippen molar-refractivity contribution in [1.29, 1.82) is 0 Å². The Kier molecular flexibility index (Phi) is 3.26. The van der Waals surface area contributed by atoms with Crippen LogP contribution in [-0.4, -0.2) is 23.6 Å². The molecular weight excluding hydrogens is 206 g/mol. The number of thiazole rings is 1. The van der Waals surface area contributed by atoms with Crippen LogP contribution in [0, 0.1) is 13.8 Å². The molecule has 3 nitrogen and oxygen atoms in total. The summed E-state index contributed by atoms with van der Waals surface area (Å²) in [5.41, 5.74) is 1.15. The van der Waals surface area contributed by atoms with Crippen molar-refractivity contribution in [3.05, 3.63) is 10.6 Å². The molecule has 2 heterocycles. The second kappa shape index (κ2) is 4.49. The molecule has 0 spiro atoms. The van der Waals surface area contributed by atoms with E-state index in [-0.39, 0.29) is 0 Å². The Labute approximate surface area is 95.3 Å². The molecule has 0 amide bonds. The van der Waals surface area contributed by atoms with E-state index < -0.39 is 0 Å². The average Bonchev–Trinajstić information content (AvgIpc) is 2.50. The van der Waals surface area contributed by atoms with Gasteiger partial charge in [0.2, 0.25) is 0 Å². The Hall–Kier alpha value is -0.610. The Morgan fingerprint density at radius 3 is 2.87 bits per heavy atom. The smallest absolute Gasteiger partial charge is 0.183 e. The Morgan fingerprint density at radius 2 is 2.27 bits per heavy atom. The number of nitrogens with one attached hydrogen (secondary N) is 2. The summed E-state index contributed by atoms with van der Waals surface area (Å²) >= 11 is 1.76. The third kappa shape index (κ3) is 2.49. The molecular formula is C11H19N3S. The molecule has 15 heavy (non-hydrogen) atoms. The number of piperidine rings is 1. The molecule has 1 saturated heterocycles. The van der Waals surface area contributed by atoms with Crippen molar-refractivity contribution in [3.63, 3.8) is 0 Å². The van der Waals surface area contributed by atoms with Gasteiger partial charge < -0.3 is 10.6 Å². The van der Waals surface area contributed by atoms with Gasteiger partial charge in [0, 0.05) is 17.0 Å². The molecule has 0 radical (unpaired) electrons. The summed E-state index contributed by atoms with van der Waals surface area (Å²) in [6.45, 7) is 7.58. The molecule has 1 aliphatic heterocycles. The monoisotopic (exact) mass is 225 g/mol. The van der Waals surface area contributed by atoms with Crippen LogP contribution < -0.4 is 10.6 Å². The summed E-state index contributed by atoms with van der Waals surface area (Å²) in [4.78, 5) is 5.83. The molecule has 0 aromatic carbocycles. The first-order valence-electron chi connectivity index (χ1n) is 5.61. The molecule has 2 atom stereocenters. The van der Waals surface area contributed by atoms with Crippen molar-refractivity contribution in [2.24, 2.45) is 0 Å². The lowest BCUT2D eigenvalue weighted by Gasteiger charge is -2.30. The van der Waals surface area contributed by atoms with Crippen LogP contribution in [0.15, 0.2) is 0 Å². The topological polar surface area (TPSA) is 37.0 Å². The highest BCUT2D eigenvalue weighted by molar-refractivity contribution is 7.15. The van der Waals surface area contributed by atoms with Gasteiger partial charge in [-0.15, -0.1) is 11.3 Å². The van der Waals surface area contributed by atoms with Crippen LogP contribution in [0.2, 0.25) is 0 Å². The summed E-state index contributed by atoms with van der Waals surface area (Å²) < 4.78 is 0. The number of anilines is 1. The van der Waals surface area contributed by atoms with Gasteiger partial charge >= 0.3 is 0 Å². The second-order valence-corrected chi connectivity index (χ2v) is 5.50. The molecule has 1 aromatic heterocycles. The summed E-state index contributed by atoms with van der Waals surface area (Å²) in [6, 6.07) is 1.08. The van der Waals surface area contributed by atoms with Crippen LogP contribution in [0.3, 0.4) is 0 Å². The minimum absolute atomic E-state index is 0.531. The maximum atomic E-state index is 4.52. The Bertz CT molecular complexity index is 315. The van der Waals surface area contributed by atoms with Gasteiger partial charge in [-0.25, -0.2) is 4.98 Å². The van der Waals surface area contributed by atoms with Crippen molar-refractivity contribution < 1.29 is 0 Å². The molecule has 1 aliphatic rings. The minimum Gasteiger partial charge on any atom is -0.357 e. The number of rotatable bonds is 2. The van der Waals surface area contributed by atoms with Crippen LogP contribution in [-0.2, 0) is 0 Å². The lowest BCUT2D eigenvalue weighted by atomic mass is 10.0. The standard InChI is InChI=1S/C11H19N3S/c1-7-9(3)15-11(13-7)14-10-5-4-6-12-8(10)2/h8,10,12H,4-6H2,1-3H3,(H,13,14). The summed E-state index contributed by atoms with van der Waals surface area (Å²) in [5.74, 6) is 0. The fourth-order valence-corrected chi connectivity index (χ4v) is 2.81. The third-order valence-electron chi connectivity index (χ3n) is 3.10. The number of aryl methyl sites for hydroxylation is 2. The van der Waals surface area contributed by atoms with Crippen molar-refractivity contribution in [3.8, 4) is 0 Å². The second-order valence-electron chi connectivity index (χ2n) is 4.30. The lowest BCUT2D eigenvalue weighted by molar-refractivity contribution is 0.389. The molecule has 2 N–H and O–H groups in total. The van der Waals surface area contributed by atoms with E-state index in [0.717, 1.165) is 17.4 Å². The van der Waals surface area contributed by atoms with Crippen LogP contribution >= 0.6 is 11.3 Å². The van der Waals surface area contributed by atoms with E-state index in [2.05, 4.69) is 36.4 Å². The third-order valence-corrected chi connectivity index (χ3v) is 4.10. The van der Waals surface area contributed by atoms with Gasteiger partial charge in [0.15, 0.2) is 5.13 Å². The number of hydrogen-bond acceptors (Lipinski definition) is 4. The van der Waals surface area contributed by atoms with Gasteiger partial charge in [-0.1, -0.05) is 0 Å². The van der Waals surface area contributed by atoms with E-state index in [1.165, 1.54) is 17.7 Å². The fraction of sp³-hybridized carbons (Fsp3) is 0.727. The summed E-state index contributed by atoms with van der Waals surface area (Å²) in [6.07, 6.45) is 2.50. The van der Waals surface area contributed by atoms with Crippen LogP contribution in [0.5, 0.6) is 0 Å². The van der Waals surface area contributed by atoms with E-state index in [1.54, 1.807) is 11.3 Å². The Balaban J connectivity index is 2.01. The van der Waals surface area contributed by atoms with E-state index in [4.69, 9.17) is 0 Å². The highest BCUT2D eigenvalue weighted by Gasteiger charge is 2.21. The fourth-order valence-electron chi connectivity index (χ4n) is 1.93. The van der Waals surface area contributed by atoms with Gasteiger partial charge in [0.05, 0.1) is 5.69 Å². The zero-order valence-corrected chi connectivity index (χ0v) is 10.4. The first-order chi connectivity index (χ1) is 7.16. The minimum atomic E-state index is 0.531. The lowest BCUT2D eigenvalue weighted by Crippen LogP contribution is -2.46. The molecule has 2 unspecified atom stereocenters. The van der Waals surface area contributed by atoms with Crippen LogP contribution in [0.4, 0.5) is 5.13 Å². The molecule has 1 fully saturated rings. The molecule has 2 rings (SSSR count). The SMILES string of the molecule is Cc1nc(NC2CCCNC2C)sc1C. The first-order valence-corrected chi connectivity index (χ1v) is 6.42. The van der Waals surface area contributed by atoms with E-state index in [9.17, 15) is 0 Å². The normalized spacial score (nSPS) is 26.6. The van der Waals surface area contributed by atoms with Crippen molar-refractivity contribution in [2.45, 2.75) is 45.7 Å². The maximum absolute atomic E-state index is 4.52. The van der Waals surface area contributed by atoms with Crippen molar-refractivity contribution in [1.82, 2.24) is 10.3 Å².